The lowest BCUT2D eigenvalue weighted by Crippen LogP contribution is -2.47. The van der Waals surface area contributed by atoms with Gasteiger partial charge in [0, 0.05) is 32.5 Å². The van der Waals surface area contributed by atoms with Crippen molar-refractivity contribution in [2.45, 2.75) is 95.5 Å². The topological polar surface area (TPSA) is 102 Å². The molecule has 11 heteroatoms. The van der Waals surface area contributed by atoms with Crippen LogP contribution in [-0.4, -0.2) is 59.7 Å². The van der Waals surface area contributed by atoms with Crippen LogP contribution >= 0.6 is 0 Å². The van der Waals surface area contributed by atoms with Crippen molar-refractivity contribution in [3.8, 4) is 6.07 Å². The van der Waals surface area contributed by atoms with E-state index >= 15 is 0 Å². The van der Waals surface area contributed by atoms with Gasteiger partial charge in [0.25, 0.3) is 5.91 Å². The lowest BCUT2D eigenvalue weighted by atomic mass is 9.77. The predicted octanol–water partition coefficient (Wildman–Crippen LogP) is 7.19. The van der Waals surface area contributed by atoms with Crippen molar-refractivity contribution >= 4 is 25.2 Å². The fraction of sp³-hybridized carbons (Fsp3) is 0.576. The molecule has 0 spiro atoms. The normalized spacial score (nSPS) is 25.9. The highest BCUT2D eigenvalue weighted by Crippen LogP contribution is 2.50. The van der Waals surface area contributed by atoms with Gasteiger partial charge in [-0.15, -0.1) is 0 Å². The van der Waals surface area contributed by atoms with E-state index in [1.807, 2.05) is 18.2 Å². The molecule has 2 bridgehead atoms. The molecule has 3 aliphatic rings. The van der Waals surface area contributed by atoms with E-state index in [1.165, 1.54) is 6.20 Å². The van der Waals surface area contributed by atoms with E-state index < -0.39 is 38.5 Å². The monoisotopic (exact) mass is 623 g/mol. The third-order valence-electron chi connectivity index (χ3n) is 8.91. The highest BCUT2D eigenvalue weighted by Gasteiger charge is 2.52. The van der Waals surface area contributed by atoms with Gasteiger partial charge >= 0.3 is 0 Å². The van der Waals surface area contributed by atoms with Crippen LogP contribution < -0.4 is 5.32 Å². The Kier molecular flexibility index (Phi) is 9.00. The van der Waals surface area contributed by atoms with Gasteiger partial charge in [-0.2, -0.15) is 5.26 Å². The molecule has 8 nitrogen and oxygen atoms in total. The molecular formula is C33H43F2N5O3Si. The SMILES string of the molecule is CC1(C)CC=C(c2nc(C3CC4(CF)C=CC(CF)(C3)O4)ccc2NC(=O)c2nc(C#N)cn2COCC[Si](C)(C)C)CC1. The summed E-state index contributed by atoms with van der Waals surface area (Å²) in [6.45, 7) is 10.4. The molecule has 5 rings (SSSR count). The number of anilines is 1. The summed E-state index contributed by atoms with van der Waals surface area (Å²) < 4.78 is 41.6. The van der Waals surface area contributed by atoms with Gasteiger partial charge in [0.15, 0.2) is 5.69 Å². The zero-order chi connectivity index (χ0) is 31.8. The summed E-state index contributed by atoms with van der Waals surface area (Å²) in [6, 6.07) is 6.63. The second-order valence-electron chi connectivity index (χ2n) is 14.5. The smallest absolute Gasteiger partial charge is 0.291 e. The Hall–Kier alpha value is -3.20. The summed E-state index contributed by atoms with van der Waals surface area (Å²) in [5.74, 6) is -0.626. The van der Waals surface area contributed by atoms with Crippen LogP contribution in [0.3, 0.4) is 0 Å². The van der Waals surface area contributed by atoms with E-state index in [2.05, 4.69) is 49.9 Å². The third kappa shape index (κ3) is 7.03. The molecule has 236 valence electrons. The van der Waals surface area contributed by atoms with E-state index in [-0.39, 0.29) is 29.6 Å². The molecule has 0 saturated carbocycles. The van der Waals surface area contributed by atoms with Crippen LogP contribution in [0.25, 0.3) is 5.57 Å². The van der Waals surface area contributed by atoms with Gasteiger partial charge in [-0.3, -0.25) is 9.78 Å². The van der Waals surface area contributed by atoms with Crippen LogP contribution in [0.5, 0.6) is 0 Å². The van der Waals surface area contributed by atoms with Gasteiger partial charge in [-0.1, -0.05) is 51.7 Å². The maximum Gasteiger partial charge on any atom is 0.291 e. The number of rotatable bonds is 11. The molecule has 1 saturated heterocycles. The fourth-order valence-electron chi connectivity index (χ4n) is 6.17. The summed E-state index contributed by atoms with van der Waals surface area (Å²) in [6.07, 6.45) is 10.3. The van der Waals surface area contributed by atoms with E-state index in [0.29, 0.717) is 30.8 Å². The molecule has 0 aromatic carbocycles. The number of alkyl halides is 2. The lowest BCUT2D eigenvalue weighted by Gasteiger charge is -2.42. The van der Waals surface area contributed by atoms with Crippen LogP contribution in [0.4, 0.5) is 14.5 Å². The van der Waals surface area contributed by atoms with Crippen molar-refractivity contribution in [3.05, 3.63) is 59.5 Å². The summed E-state index contributed by atoms with van der Waals surface area (Å²) >= 11 is 0. The van der Waals surface area contributed by atoms with Crippen LogP contribution in [0, 0.1) is 16.7 Å². The number of aromatic nitrogens is 3. The Morgan fingerprint density at radius 3 is 2.48 bits per heavy atom. The summed E-state index contributed by atoms with van der Waals surface area (Å²) in [5.41, 5.74) is 0.889. The average molecular weight is 624 g/mol. The Balaban J connectivity index is 1.43. The van der Waals surface area contributed by atoms with Gasteiger partial charge in [0.05, 0.1) is 11.4 Å². The number of hydrogen-bond donors (Lipinski definition) is 1. The molecule has 2 unspecified atom stereocenters. The van der Waals surface area contributed by atoms with Crippen molar-refractivity contribution in [2.75, 3.05) is 25.3 Å². The molecule has 0 radical (unpaired) electrons. The highest BCUT2D eigenvalue weighted by atomic mass is 28.3. The van der Waals surface area contributed by atoms with Gasteiger partial charge in [-0.25, -0.2) is 13.8 Å². The summed E-state index contributed by atoms with van der Waals surface area (Å²) in [4.78, 5) is 22.9. The molecule has 44 heavy (non-hydrogen) atoms. The first-order valence-electron chi connectivity index (χ1n) is 15.4. The van der Waals surface area contributed by atoms with Gasteiger partial charge < -0.3 is 19.4 Å². The first-order chi connectivity index (χ1) is 20.8. The summed E-state index contributed by atoms with van der Waals surface area (Å²) in [7, 11) is -1.29. The highest BCUT2D eigenvalue weighted by molar-refractivity contribution is 6.76. The molecule has 1 amide bonds. The molecule has 1 aliphatic carbocycles. The molecular weight excluding hydrogens is 580 g/mol. The number of allylic oxidation sites excluding steroid dienone is 2. The Morgan fingerprint density at radius 2 is 1.89 bits per heavy atom. The second kappa shape index (κ2) is 12.3. The van der Waals surface area contributed by atoms with Crippen LogP contribution in [0.2, 0.25) is 25.7 Å². The molecule has 1 fully saturated rings. The van der Waals surface area contributed by atoms with Crippen molar-refractivity contribution in [2.24, 2.45) is 5.41 Å². The number of nitrogens with one attached hydrogen (secondary N) is 1. The number of hydrogen-bond acceptors (Lipinski definition) is 6. The zero-order valence-corrected chi connectivity index (χ0v) is 27.4. The number of halogens is 2. The number of carbonyl (C=O) groups excluding carboxylic acids is 1. The number of carbonyl (C=O) groups is 1. The van der Waals surface area contributed by atoms with Crippen LogP contribution in [-0.2, 0) is 16.2 Å². The second-order valence-corrected chi connectivity index (χ2v) is 20.1. The minimum absolute atomic E-state index is 0.0743. The van der Waals surface area contributed by atoms with Crippen molar-refractivity contribution in [1.29, 1.82) is 5.26 Å². The molecule has 4 heterocycles. The maximum absolute atomic E-state index is 14.2. The number of pyridine rings is 1. The third-order valence-corrected chi connectivity index (χ3v) is 10.6. The predicted molar refractivity (Wildman–Crippen MR) is 168 cm³/mol. The fourth-order valence-corrected chi connectivity index (χ4v) is 6.93. The van der Waals surface area contributed by atoms with Gasteiger partial charge in [0.2, 0.25) is 5.82 Å². The van der Waals surface area contributed by atoms with Gasteiger partial charge in [0.1, 0.15) is 37.4 Å². The molecule has 2 aromatic heterocycles. The first-order valence-corrected chi connectivity index (χ1v) is 19.1. The zero-order valence-electron chi connectivity index (χ0n) is 26.4. The van der Waals surface area contributed by atoms with Crippen molar-refractivity contribution in [3.63, 3.8) is 0 Å². The number of nitriles is 1. The van der Waals surface area contributed by atoms with Gasteiger partial charge in [-0.05, 0) is 61.3 Å². The standard InChI is InChI=1S/C33H43F2N5O3Si/c1-31(2)10-8-23(9-11-31)28-27(7-6-26(38-28)24-16-32(20-34)12-13-33(17-24,21-35)43-32)39-30(41)29-37-25(18-36)19-40(29)22-42-14-15-44(3,4)5/h6-8,12-13,19,24H,9-11,14-17,20-22H2,1-5H3,(H,39,41). The maximum atomic E-state index is 14.2. The van der Waals surface area contributed by atoms with Crippen molar-refractivity contribution in [1.82, 2.24) is 14.5 Å². The van der Waals surface area contributed by atoms with E-state index in [9.17, 15) is 18.8 Å². The number of amides is 1. The summed E-state index contributed by atoms with van der Waals surface area (Å²) in [5, 5.41) is 12.5. The first kappa shape index (κ1) is 32.2. The molecule has 1 N–H and O–H groups in total. The van der Waals surface area contributed by atoms with E-state index in [4.69, 9.17) is 14.5 Å². The molecule has 2 aliphatic heterocycles. The quantitative estimate of drug-likeness (QED) is 0.162. The minimum Gasteiger partial charge on any atom is -0.361 e. The Labute approximate surface area is 259 Å². The minimum atomic E-state index is -1.29. The number of nitrogens with zero attached hydrogens (tertiary/aromatic N) is 4. The van der Waals surface area contributed by atoms with E-state index in [0.717, 1.165) is 36.6 Å². The van der Waals surface area contributed by atoms with Crippen LogP contribution in [0.1, 0.15) is 79.6 Å². The van der Waals surface area contributed by atoms with Crippen molar-refractivity contribution < 1.29 is 23.0 Å². The number of ether oxygens (including phenoxy) is 2. The number of imidazole rings is 1. The largest absolute Gasteiger partial charge is 0.361 e. The van der Waals surface area contributed by atoms with E-state index in [1.54, 1.807) is 16.7 Å². The van der Waals surface area contributed by atoms with Crippen LogP contribution in [0.15, 0.2) is 36.6 Å². The Morgan fingerprint density at radius 1 is 1.18 bits per heavy atom. The molecule has 2 atom stereocenters. The number of fused-ring (bicyclic) bond motifs is 2. The molecule has 2 aromatic rings. The lowest BCUT2D eigenvalue weighted by molar-refractivity contribution is -0.145. The average Bonchev–Trinajstić information content (AvgIpc) is 3.53. The Bertz CT molecular complexity index is 1490.